The summed E-state index contributed by atoms with van der Waals surface area (Å²) >= 11 is 3.23. The number of carbonyl (C=O) groups is 2. The molecule has 16 heavy (non-hydrogen) atoms. The van der Waals surface area contributed by atoms with E-state index in [-0.39, 0.29) is 18.2 Å². The van der Waals surface area contributed by atoms with E-state index in [1.165, 1.54) is 0 Å². The van der Waals surface area contributed by atoms with Gasteiger partial charge in [0.25, 0.3) is 5.91 Å². The van der Waals surface area contributed by atoms with Crippen LogP contribution in [-0.2, 0) is 4.79 Å². The molecule has 1 aromatic rings. The Labute approximate surface area is 102 Å². The van der Waals surface area contributed by atoms with E-state index in [9.17, 15) is 9.59 Å². The molecule has 0 bridgehead atoms. The summed E-state index contributed by atoms with van der Waals surface area (Å²) in [6, 6.07) is 3.35. The first kappa shape index (κ1) is 12.6. The molecule has 2 amide bonds. The fourth-order valence-electron chi connectivity index (χ4n) is 1.02. The summed E-state index contributed by atoms with van der Waals surface area (Å²) in [5, 5.41) is 5.08. The minimum Gasteiger partial charge on any atom is -0.359 e. The molecule has 1 aromatic heterocycles. The van der Waals surface area contributed by atoms with Gasteiger partial charge >= 0.3 is 0 Å². The van der Waals surface area contributed by atoms with Crippen molar-refractivity contribution in [1.29, 1.82) is 0 Å². The van der Waals surface area contributed by atoms with Crippen LogP contribution in [0.4, 0.5) is 0 Å². The zero-order valence-electron chi connectivity index (χ0n) is 8.79. The van der Waals surface area contributed by atoms with Gasteiger partial charge in [-0.15, -0.1) is 0 Å². The fraction of sp³-hybridized carbons (Fsp3) is 0.300. The molecule has 0 radical (unpaired) electrons. The molecule has 0 saturated heterocycles. The quantitative estimate of drug-likeness (QED) is 0.856. The van der Waals surface area contributed by atoms with Crippen molar-refractivity contribution in [2.75, 3.05) is 13.6 Å². The van der Waals surface area contributed by atoms with Crippen molar-refractivity contribution in [2.45, 2.75) is 6.42 Å². The molecule has 5 nitrogen and oxygen atoms in total. The predicted octanol–water partition coefficient (Wildman–Crippen LogP) is 0.710. The van der Waals surface area contributed by atoms with Gasteiger partial charge < -0.3 is 10.6 Å². The minimum atomic E-state index is -0.281. The Morgan fingerprint density at radius 1 is 1.44 bits per heavy atom. The molecule has 0 fully saturated rings. The second kappa shape index (κ2) is 6.22. The van der Waals surface area contributed by atoms with Crippen LogP contribution in [-0.4, -0.2) is 30.4 Å². The van der Waals surface area contributed by atoms with E-state index in [0.717, 1.165) is 4.47 Å². The van der Waals surface area contributed by atoms with Gasteiger partial charge in [0.05, 0.1) is 0 Å². The molecule has 0 saturated carbocycles. The van der Waals surface area contributed by atoms with Gasteiger partial charge in [-0.2, -0.15) is 0 Å². The van der Waals surface area contributed by atoms with Crippen molar-refractivity contribution in [3.05, 3.63) is 28.5 Å². The van der Waals surface area contributed by atoms with Crippen LogP contribution >= 0.6 is 15.9 Å². The molecule has 6 heteroatoms. The SMILES string of the molecule is CNC(=O)CCNC(=O)c1ccc(Br)cn1. The first-order valence-corrected chi connectivity index (χ1v) is 5.53. The highest BCUT2D eigenvalue weighted by molar-refractivity contribution is 9.10. The Bertz CT molecular complexity index is 378. The maximum Gasteiger partial charge on any atom is 0.269 e. The second-order valence-corrected chi connectivity index (χ2v) is 3.96. The first-order valence-electron chi connectivity index (χ1n) is 4.74. The summed E-state index contributed by atoms with van der Waals surface area (Å²) in [7, 11) is 1.56. The molecule has 2 N–H and O–H groups in total. The van der Waals surface area contributed by atoms with E-state index < -0.39 is 0 Å². The second-order valence-electron chi connectivity index (χ2n) is 3.04. The Morgan fingerprint density at radius 2 is 2.19 bits per heavy atom. The number of hydrogen-bond donors (Lipinski definition) is 2. The number of aromatic nitrogens is 1. The number of rotatable bonds is 4. The van der Waals surface area contributed by atoms with Crippen molar-refractivity contribution in [3.63, 3.8) is 0 Å². The van der Waals surface area contributed by atoms with E-state index >= 15 is 0 Å². The third-order valence-electron chi connectivity index (χ3n) is 1.88. The zero-order valence-corrected chi connectivity index (χ0v) is 10.4. The topological polar surface area (TPSA) is 71.1 Å². The first-order chi connectivity index (χ1) is 7.63. The fourth-order valence-corrected chi connectivity index (χ4v) is 1.25. The number of amides is 2. The lowest BCUT2D eigenvalue weighted by molar-refractivity contribution is -0.120. The highest BCUT2D eigenvalue weighted by Gasteiger charge is 2.06. The Morgan fingerprint density at radius 3 is 2.75 bits per heavy atom. The molecule has 0 spiro atoms. The van der Waals surface area contributed by atoms with Crippen molar-refractivity contribution >= 4 is 27.7 Å². The monoisotopic (exact) mass is 285 g/mol. The Balaban J connectivity index is 2.41. The van der Waals surface area contributed by atoms with Crippen LogP contribution in [0.2, 0.25) is 0 Å². The zero-order chi connectivity index (χ0) is 12.0. The Hall–Kier alpha value is -1.43. The van der Waals surface area contributed by atoms with Crippen LogP contribution in [0.15, 0.2) is 22.8 Å². The van der Waals surface area contributed by atoms with E-state index in [1.807, 2.05) is 0 Å². The molecule has 0 aromatic carbocycles. The number of carbonyl (C=O) groups excluding carboxylic acids is 2. The van der Waals surface area contributed by atoms with Gasteiger partial charge in [0.2, 0.25) is 5.91 Å². The highest BCUT2D eigenvalue weighted by atomic mass is 79.9. The third-order valence-corrected chi connectivity index (χ3v) is 2.35. The average Bonchev–Trinajstić information content (AvgIpc) is 2.29. The summed E-state index contributed by atoms with van der Waals surface area (Å²) < 4.78 is 0.814. The van der Waals surface area contributed by atoms with Crippen molar-refractivity contribution in [3.8, 4) is 0 Å². The van der Waals surface area contributed by atoms with Gasteiger partial charge in [0.15, 0.2) is 0 Å². The molecule has 1 rings (SSSR count). The smallest absolute Gasteiger partial charge is 0.269 e. The summed E-state index contributed by atoms with van der Waals surface area (Å²) in [6.07, 6.45) is 1.81. The lowest BCUT2D eigenvalue weighted by Gasteiger charge is -2.03. The average molecular weight is 286 g/mol. The normalized spacial score (nSPS) is 9.62. The van der Waals surface area contributed by atoms with E-state index in [1.54, 1.807) is 25.4 Å². The largest absolute Gasteiger partial charge is 0.359 e. The van der Waals surface area contributed by atoms with E-state index in [2.05, 4.69) is 31.5 Å². The predicted molar refractivity (Wildman–Crippen MR) is 63.0 cm³/mol. The van der Waals surface area contributed by atoms with Gasteiger partial charge in [-0.1, -0.05) is 0 Å². The lowest BCUT2D eigenvalue weighted by atomic mass is 10.3. The minimum absolute atomic E-state index is 0.107. The molecule has 0 aliphatic carbocycles. The Kier molecular flexibility index (Phi) is 4.91. The van der Waals surface area contributed by atoms with Gasteiger partial charge in [-0.25, -0.2) is 4.98 Å². The van der Waals surface area contributed by atoms with Gasteiger partial charge in [0, 0.05) is 30.7 Å². The summed E-state index contributed by atoms with van der Waals surface area (Å²) in [5.74, 6) is -0.388. The van der Waals surface area contributed by atoms with Crippen LogP contribution in [0, 0.1) is 0 Å². The molecular weight excluding hydrogens is 274 g/mol. The van der Waals surface area contributed by atoms with Gasteiger partial charge in [0.1, 0.15) is 5.69 Å². The lowest BCUT2D eigenvalue weighted by Crippen LogP contribution is -2.29. The molecular formula is C10H12BrN3O2. The maximum absolute atomic E-state index is 11.5. The molecule has 0 unspecified atom stereocenters. The van der Waals surface area contributed by atoms with Crippen LogP contribution in [0.1, 0.15) is 16.9 Å². The van der Waals surface area contributed by atoms with Gasteiger partial charge in [-0.05, 0) is 28.1 Å². The number of nitrogens with one attached hydrogen (secondary N) is 2. The van der Waals surface area contributed by atoms with Crippen LogP contribution in [0.3, 0.4) is 0 Å². The summed E-state index contributed by atoms with van der Waals surface area (Å²) in [4.78, 5) is 26.3. The maximum atomic E-state index is 11.5. The van der Waals surface area contributed by atoms with Crippen LogP contribution in [0.5, 0.6) is 0 Å². The molecule has 0 aliphatic rings. The van der Waals surface area contributed by atoms with Crippen molar-refractivity contribution in [1.82, 2.24) is 15.6 Å². The van der Waals surface area contributed by atoms with Crippen molar-refractivity contribution < 1.29 is 9.59 Å². The van der Waals surface area contributed by atoms with Crippen molar-refractivity contribution in [2.24, 2.45) is 0 Å². The highest BCUT2D eigenvalue weighted by Crippen LogP contribution is 2.07. The third kappa shape index (κ3) is 3.98. The molecule has 1 heterocycles. The molecule has 86 valence electrons. The van der Waals surface area contributed by atoms with E-state index in [4.69, 9.17) is 0 Å². The number of halogens is 1. The standard InChI is InChI=1S/C10H12BrN3O2/c1-12-9(15)4-5-13-10(16)8-3-2-7(11)6-14-8/h2-3,6H,4-5H2,1H3,(H,12,15)(H,13,16). The molecule has 0 aliphatic heterocycles. The van der Waals surface area contributed by atoms with E-state index in [0.29, 0.717) is 12.2 Å². The molecule has 0 atom stereocenters. The number of pyridine rings is 1. The summed E-state index contributed by atoms with van der Waals surface area (Å²) in [6.45, 7) is 0.302. The van der Waals surface area contributed by atoms with Crippen LogP contribution < -0.4 is 10.6 Å². The van der Waals surface area contributed by atoms with Gasteiger partial charge in [-0.3, -0.25) is 9.59 Å². The number of nitrogens with zero attached hydrogens (tertiary/aromatic N) is 1. The van der Waals surface area contributed by atoms with Crippen LogP contribution in [0.25, 0.3) is 0 Å². The number of hydrogen-bond acceptors (Lipinski definition) is 3. The summed E-state index contributed by atoms with van der Waals surface area (Å²) in [5.41, 5.74) is 0.333.